The van der Waals surface area contributed by atoms with E-state index in [-0.39, 0.29) is 30.4 Å². The van der Waals surface area contributed by atoms with Crippen LogP contribution in [0.15, 0.2) is 42.5 Å². The summed E-state index contributed by atoms with van der Waals surface area (Å²) < 4.78 is 5.46. The van der Waals surface area contributed by atoms with Crippen molar-refractivity contribution < 1.29 is 19.1 Å². The summed E-state index contributed by atoms with van der Waals surface area (Å²) in [6.07, 6.45) is -0.407. The first kappa shape index (κ1) is 17.9. The Balaban J connectivity index is 1.57. The Morgan fingerprint density at radius 2 is 1.88 bits per heavy atom. The van der Waals surface area contributed by atoms with Gasteiger partial charge in [0.15, 0.2) is 11.9 Å². The van der Waals surface area contributed by atoms with Gasteiger partial charge in [-0.2, -0.15) is 0 Å². The Morgan fingerprint density at radius 1 is 1.15 bits per heavy atom. The highest BCUT2D eigenvalue weighted by molar-refractivity contribution is 6.30. The van der Waals surface area contributed by atoms with E-state index in [0.29, 0.717) is 27.7 Å². The second-order valence-electron chi connectivity index (χ2n) is 5.94. The summed E-state index contributed by atoms with van der Waals surface area (Å²) in [4.78, 5) is 35.8. The molecule has 0 aromatic heterocycles. The summed E-state index contributed by atoms with van der Waals surface area (Å²) in [5.41, 5.74) is 1.54. The van der Waals surface area contributed by atoms with Crippen molar-refractivity contribution >= 4 is 40.6 Å². The van der Waals surface area contributed by atoms with Gasteiger partial charge in [0, 0.05) is 29.1 Å². The summed E-state index contributed by atoms with van der Waals surface area (Å²) in [6.45, 7) is 1.66. The number of rotatable bonds is 5. The highest BCUT2D eigenvalue weighted by atomic mass is 35.5. The summed E-state index contributed by atoms with van der Waals surface area (Å²) in [5, 5.41) is 5.99. The first-order valence-electron chi connectivity index (χ1n) is 8.12. The van der Waals surface area contributed by atoms with Crippen LogP contribution in [0.2, 0.25) is 5.02 Å². The van der Waals surface area contributed by atoms with Crippen LogP contribution in [0.3, 0.4) is 0 Å². The maximum Gasteiger partial charge on any atom is 0.265 e. The monoisotopic (exact) mass is 372 g/mol. The average molecular weight is 373 g/mol. The molecule has 1 aliphatic heterocycles. The third-order valence-electron chi connectivity index (χ3n) is 3.94. The van der Waals surface area contributed by atoms with Crippen LogP contribution in [0.25, 0.3) is 0 Å². The predicted molar refractivity (Wildman–Crippen MR) is 98.8 cm³/mol. The minimum Gasteiger partial charge on any atom is -0.479 e. The maximum absolute atomic E-state index is 12.1. The first-order chi connectivity index (χ1) is 12.4. The van der Waals surface area contributed by atoms with Crippen LogP contribution in [-0.2, 0) is 9.59 Å². The molecule has 2 aromatic rings. The van der Waals surface area contributed by atoms with Gasteiger partial charge < -0.3 is 15.4 Å². The number of Topliss-reactive ketones (excluding diaryl/α,β-unsaturated/α-hetero) is 1. The van der Waals surface area contributed by atoms with E-state index in [2.05, 4.69) is 10.6 Å². The number of fused-ring (bicyclic) bond motifs is 1. The van der Waals surface area contributed by atoms with Crippen molar-refractivity contribution in [1.29, 1.82) is 0 Å². The van der Waals surface area contributed by atoms with Gasteiger partial charge in [-0.3, -0.25) is 14.4 Å². The molecule has 134 valence electrons. The molecule has 0 spiro atoms. The lowest BCUT2D eigenvalue weighted by atomic mass is 10.1. The number of ether oxygens (including phenoxy) is 1. The van der Waals surface area contributed by atoms with Crippen LogP contribution >= 0.6 is 11.6 Å². The Labute approximate surface area is 155 Å². The van der Waals surface area contributed by atoms with E-state index >= 15 is 0 Å². The maximum atomic E-state index is 12.1. The lowest BCUT2D eigenvalue weighted by Crippen LogP contribution is -2.34. The van der Waals surface area contributed by atoms with Crippen molar-refractivity contribution in [1.82, 2.24) is 0 Å². The second kappa shape index (κ2) is 7.58. The predicted octanol–water partition coefficient (Wildman–Crippen LogP) is 3.66. The van der Waals surface area contributed by atoms with Gasteiger partial charge in [0.05, 0.1) is 5.69 Å². The lowest BCUT2D eigenvalue weighted by molar-refractivity contribution is -0.122. The molecule has 2 aromatic carbocycles. The van der Waals surface area contributed by atoms with Crippen LogP contribution < -0.4 is 15.4 Å². The van der Waals surface area contributed by atoms with Gasteiger partial charge in [-0.25, -0.2) is 0 Å². The molecule has 1 heterocycles. The molecule has 0 saturated carbocycles. The number of carbonyl (C=O) groups excluding carboxylic acids is 3. The fourth-order valence-corrected chi connectivity index (χ4v) is 2.64. The zero-order chi connectivity index (χ0) is 18.7. The Bertz CT molecular complexity index is 864. The number of halogens is 1. The summed E-state index contributed by atoms with van der Waals surface area (Å²) >= 11 is 5.79. The molecule has 0 bridgehead atoms. The molecule has 2 N–H and O–H groups in total. The molecule has 7 heteroatoms. The van der Waals surface area contributed by atoms with Gasteiger partial charge in [-0.05, 0) is 49.4 Å². The third-order valence-corrected chi connectivity index (χ3v) is 4.19. The van der Waals surface area contributed by atoms with Gasteiger partial charge >= 0.3 is 0 Å². The summed E-state index contributed by atoms with van der Waals surface area (Å²) in [5.74, 6) is -0.108. The van der Waals surface area contributed by atoms with Gasteiger partial charge in [0.1, 0.15) is 5.75 Å². The molecular formula is C19H17ClN2O4. The minimum atomic E-state index is -0.554. The van der Waals surface area contributed by atoms with Crippen LogP contribution in [0.5, 0.6) is 5.75 Å². The number of carbonyl (C=O) groups is 3. The molecule has 1 aliphatic rings. The van der Waals surface area contributed by atoms with Crippen LogP contribution in [0.4, 0.5) is 11.4 Å². The average Bonchev–Trinajstić information content (AvgIpc) is 2.61. The van der Waals surface area contributed by atoms with Crippen LogP contribution in [-0.4, -0.2) is 23.7 Å². The Kier molecular flexibility index (Phi) is 5.23. The number of hydrogen-bond acceptors (Lipinski definition) is 4. The van der Waals surface area contributed by atoms with Crippen molar-refractivity contribution in [3.8, 4) is 5.75 Å². The van der Waals surface area contributed by atoms with Gasteiger partial charge in [0.25, 0.3) is 5.91 Å². The third kappa shape index (κ3) is 4.21. The number of amides is 2. The highest BCUT2D eigenvalue weighted by Crippen LogP contribution is 2.32. The van der Waals surface area contributed by atoms with E-state index in [9.17, 15) is 14.4 Å². The molecule has 3 rings (SSSR count). The normalized spacial score (nSPS) is 15.5. The quantitative estimate of drug-likeness (QED) is 0.784. The lowest BCUT2D eigenvalue weighted by Gasteiger charge is -2.23. The molecule has 0 aliphatic carbocycles. The molecule has 6 nitrogen and oxygen atoms in total. The number of benzene rings is 2. The zero-order valence-corrected chi connectivity index (χ0v) is 14.8. The number of ketones is 1. The number of anilines is 2. The van der Waals surface area contributed by atoms with Gasteiger partial charge in [-0.1, -0.05) is 11.6 Å². The molecular weight excluding hydrogens is 356 g/mol. The Hall–Kier alpha value is -2.86. The van der Waals surface area contributed by atoms with E-state index < -0.39 is 6.10 Å². The molecule has 0 fully saturated rings. The standard InChI is InChI=1S/C19H17ClN2O4/c1-11-19(25)22-15-10-14(6-8-17(15)26-11)21-18(24)9-7-16(23)12-2-4-13(20)5-3-12/h2-6,8,10-11H,7,9H2,1H3,(H,21,24)(H,22,25)/t11-/m0/s1. The van der Waals surface area contributed by atoms with Crippen LogP contribution in [0, 0.1) is 0 Å². The second-order valence-corrected chi connectivity index (χ2v) is 6.37. The summed E-state index contributed by atoms with van der Waals surface area (Å²) in [7, 11) is 0. The van der Waals surface area contributed by atoms with Gasteiger partial charge in [-0.15, -0.1) is 0 Å². The topological polar surface area (TPSA) is 84.5 Å². The molecule has 0 unspecified atom stereocenters. The smallest absolute Gasteiger partial charge is 0.265 e. The highest BCUT2D eigenvalue weighted by Gasteiger charge is 2.23. The van der Waals surface area contributed by atoms with Crippen molar-refractivity contribution in [2.24, 2.45) is 0 Å². The fraction of sp³-hybridized carbons (Fsp3) is 0.211. The molecule has 0 saturated heterocycles. The SMILES string of the molecule is C[C@@H]1Oc2ccc(NC(=O)CCC(=O)c3ccc(Cl)cc3)cc2NC1=O. The fourth-order valence-electron chi connectivity index (χ4n) is 2.52. The summed E-state index contributed by atoms with van der Waals surface area (Å²) in [6, 6.07) is 11.5. The van der Waals surface area contributed by atoms with E-state index in [1.54, 1.807) is 49.4 Å². The zero-order valence-electron chi connectivity index (χ0n) is 14.0. The Morgan fingerprint density at radius 3 is 2.62 bits per heavy atom. The number of nitrogens with one attached hydrogen (secondary N) is 2. The van der Waals surface area contributed by atoms with E-state index in [4.69, 9.17) is 16.3 Å². The van der Waals surface area contributed by atoms with Crippen molar-refractivity contribution in [3.05, 3.63) is 53.1 Å². The van der Waals surface area contributed by atoms with Crippen molar-refractivity contribution in [2.45, 2.75) is 25.9 Å². The first-order valence-corrected chi connectivity index (χ1v) is 8.50. The largest absolute Gasteiger partial charge is 0.479 e. The van der Waals surface area contributed by atoms with E-state index in [0.717, 1.165) is 0 Å². The molecule has 1 atom stereocenters. The van der Waals surface area contributed by atoms with Crippen LogP contribution in [0.1, 0.15) is 30.1 Å². The number of hydrogen-bond donors (Lipinski definition) is 2. The van der Waals surface area contributed by atoms with Crippen molar-refractivity contribution in [2.75, 3.05) is 10.6 Å². The van der Waals surface area contributed by atoms with E-state index in [1.165, 1.54) is 0 Å². The minimum absolute atomic E-state index is 0.0540. The molecule has 0 radical (unpaired) electrons. The van der Waals surface area contributed by atoms with Crippen molar-refractivity contribution in [3.63, 3.8) is 0 Å². The van der Waals surface area contributed by atoms with Gasteiger partial charge in [0.2, 0.25) is 5.91 Å². The molecule has 2 amide bonds. The molecule has 26 heavy (non-hydrogen) atoms. The van der Waals surface area contributed by atoms with E-state index in [1.807, 2.05) is 0 Å².